The summed E-state index contributed by atoms with van der Waals surface area (Å²) in [6.45, 7) is 0. The molecule has 0 aliphatic carbocycles. The van der Waals surface area contributed by atoms with E-state index in [0.717, 1.165) is 21.8 Å². The molecular weight excluding hydrogens is 429 g/mol. The zero-order valence-corrected chi connectivity index (χ0v) is 18.0. The molecule has 0 unspecified atom stereocenters. The fraction of sp³-hybridized carbons (Fsp3) is 0.0909. The highest BCUT2D eigenvalue weighted by molar-refractivity contribution is 7.13. The number of rotatable bonds is 6. The molecule has 148 valence electrons. The van der Waals surface area contributed by atoms with Gasteiger partial charge in [-0.3, -0.25) is 0 Å². The molecule has 0 saturated carbocycles. The summed E-state index contributed by atoms with van der Waals surface area (Å²) in [6.07, 6.45) is 5.16. The molecule has 0 saturated heterocycles. The van der Waals surface area contributed by atoms with Crippen LogP contribution in [0.2, 0.25) is 10.0 Å². The van der Waals surface area contributed by atoms with E-state index in [0.29, 0.717) is 21.2 Å². The number of hydrogen-bond acceptors (Lipinski definition) is 5. The van der Waals surface area contributed by atoms with Gasteiger partial charge in [0.1, 0.15) is 10.6 Å². The van der Waals surface area contributed by atoms with Crippen LogP contribution in [0.25, 0.3) is 28.3 Å². The maximum absolute atomic E-state index is 12.1. The van der Waals surface area contributed by atoms with Crippen LogP contribution in [0, 0.1) is 0 Å². The number of esters is 1. The lowest BCUT2D eigenvalue weighted by Crippen LogP contribution is -2.05. The molecule has 3 rings (SSSR count). The van der Waals surface area contributed by atoms with Crippen LogP contribution >= 0.6 is 34.5 Å². The number of hydrogen-bond donors (Lipinski definition) is 0. The number of carbonyl (C=O) groups excluding carboxylic acids is 1. The van der Waals surface area contributed by atoms with Gasteiger partial charge in [-0.25, -0.2) is 9.78 Å². The largest absolute Gasteiger partial charge is 0.503 e. The second-order valence-electron chi connectivity index (χ2n) is 5.89. The Bertz CT molecular complexity index is 1090. The smallest absolute Gasteiger partial charge is 0.341 e. The molecule has 0 amide bonds. The van der Waals surface area contributed by atoms with Gasteiger partial charge in [-0.1, -0.05) is 59.6 Å². The average Bonchev–Trinajstić information content (AvgIpc) is 3.21. The number of halogens is 2. The number of aromatic nitrogens is 1. The zero-order valence-electron chi connectivity index (χ0n) is 15.7. The van der Waals surface area contributed by atoms with E-state index in [1.165, 1.54) is 31.8 Å². The number of methoxy groups -OCH3 is 2. The van der Waals surface area contributed by atoms with Gasteiger partial charge in [-0.15, -0.1) is 11.3 Å². The van der Waals surface area contributed by atoms with E-state index < -0.39 is 5.97 Å². The SMILES string of the molecule is CO/C=C(/C(=O)OC)c1ccccc1/C=C/c1csc(-c2ccc(Cl)c(Cl)c2)n1. The zero-order chi connectivity index (χ0) is 20.8. The van der Waals surface area contributed by atoms with Crippen LogP contribution in [0.15, 0.2) is 54.1 Å². The van der Waals surface area contributed by atoms with E-state index >= 15 is 0 Å². The van der Waals surface area contributed by atoms with Crippen LogP contribution in [-0.4, -0.2) is 25.2 Å². The monoisotopic (exact) mass is 445 g/mol. The highest BCUT2D eigenvalue weighted by Gasteiger charge is 2.15. The highest BCUT2D eigenvalue weighted by Crippen LogP contribution is 2.31. The molecule has 0 fully saturated rings. The standard InChI is InChI=1S/C22H17Cl2NO3S/c1-27-12-18(22(26)28-2)17-6-4-3-5-14(17)7-9-16-13-29-21(25-16)15-8-10-19(23)20(24)11-15/h3-13H,1-2H3/b9-7+,18-12+. The van der Waals surface area contributed by atoms with Gasteiger partial charge in [0.25, 0.3) is 0 Å². The van der Waals surface area contributed by atoms with Gasteiger partial charge in [0.15, 0.2) is 0 Å². The molecule has 4 nitrogen and oxygen atoms in total. The van der Waals surface area contributed by atoms with Crippen molar-refractivity contribution in [3.63, 3.8) is 0 Å². The summed E-state index contributed by atoms with van der Waals surface area (Å²) in [5.74, 6) is -0.469. The van der Waals surface area contributed by atoms with E-state index in [2.05, 4.69) is 4.98 Å². The van der Waals surface area contributed by atoms with Gasteiger partial charge in [0.05, 0.1) is 36.2 Å². The Labute approximate surface area is 183 Å². The van der Waals surface area contributed by atoms with Crippen LogP contribution in [0.3, 0.4) is 0 Å². The maximum atomic E-state index is 12.1. The average molecular weight is 446 g/mol. The molecule has 7 heteroatoms. The maximum Gasteiger partial charge on any atom is 0.341 e. The number of benzene rings is 2. The van der Waals surface area contributed by atoms with Crippen molar-refractivity contribution in [1.29, 1.82) is 0 Å². The van der Waals surface area contributed by atoms with Crippen molar-refractivity contribution < 1.29 is 14.3 Å². The number of thiazole rings is 1. The molecule has 0 spiro atoms. The third-order valence-corrected chi connectivity index (χ3v) is 5.66. The summed E-state index contributed by atoms with van der Waals surface area (Å²) in [6, 6.07) is 12.9. The van der Waals surface area contributed by atoms with Gasteiger partial charge in [0, 0.05) is 10.9 Å². The van der Waals surface area contributed by atoms with Gasteiger partial charge in [-0.05, 0) is 29.3 Å². The summed E-state index contributed by atoms with van der Waals surface area (Å²) >= 11 is 13.6. The Kier molecular flexibility index (Phi) is 7.09. The summed E-state index contributed by atoms with van der Waals surface area (Å²) in [5.41, 5.74) is 3.58. The highest BCUT2D eigenvalue weighted by atomic mass is 35.5. The lowest BCUT2D eigenvalue weighted by atomic mass is 10.00. The van der Waals surface area contributed by atoms with Crippen LogP contribution < -0.4 is 0 Å². The van der Waals surface area contributed by atoms with Crippen LogP contribution in [0.4, 0.5) is 0 Å². The molecule has 0 atom stereocenters. The van der Waals surface area contributed by atoms with Crippen molar-refractivity contribution in [2.75, 3.05) is 14.2 Å². The van der Waals surface area contributed by atoms with Crippen molar-refractivity contribution in [2.24, 2.45) is 0 Å². The molecule has 1 aromatic heterocycles. The summed E-state index contributed by atoms with van der Waals surface area (Å²) in [7, 11) is 2.82. The molecular formula is C22H17Cl2NO3S. The topological polar surface area (TPSA) is 48.4 Å². The van der Waals surface area contributed by atoms with Gasteiger partial charge in [0.2, 0.25) is 0 Å². The minimum absolute atomic E-state index is 0.338. The van der Waals surface area contributed by atoms with Crippen LogP contribution in [0.5, 0.6) is 0 Å². The van der Waals surface area contributed by atoms with E-state index in [9.17, 15) is 4.79 Å². The fourth-order valence-electron chi connectivity index (χ4n) is 2.64. The molecule has 1 heterocycles. The number of ether oxygens (including phenoxy) is 2. The van der Waals surface area contributed by atoms with Gasteiger partial charge >= 0.3 is 5.97 Å². The molecule has 2 aromatic carbocycles. The van der Waals surface area contributed by atoms with Crippen molar-refractivity contribution in [3.8, 4) is 10.6 Å². The summed E-state index contributed by atoms with van der Waals surface area (Å²) < 4.78 is 9.92. The fourth-order valence-corrected chi connectivity index (χ4v) is 3.72. The first kappa shape index (κ1) is 21.1. The first-order valence-electron chi connectivity index (χ1n) is 8.53. The molecule has 0 bridgehead atoms. The minimum Gasteiger partial charge on any atom is -0.503 e. The molecule has 29 heavy (non-hydrogen) atoms. The van der Waals surface area contributed by atoms with Gasteiger partial charge < -0.3 is 9.47 Å². The summed E-state index contributed by atoms with van der Waals surface area (Å²) in [5, 5.41) is 3.79. The lowest BCUT2D eigenvalue weighted by Gasteiger charge is -2.08. The molecule has 0 radical (unpaired) electrons. The van der Waals surface area contributed by atoms with Crippen molar-refractivity contribution >= 4 is 58.2 Å². The van der Waals surface area contributed by atoms with E-state index in [1.807, 2.05) is 47.9 Å². The first-order valence-corrected chi connectivity index (χ1v) is 10.2. The summed E-state index contributed by atoms with van der Waals surface area (Å²) in [4.78, 5) is 16.7. The predicted molar refractivity (Wildman–Crippen MR) is 120 cm³/mol. The third kappa shape index (κ3) is 5.07. The third-order valence-electron chi connectivity index (χ3n) is 4.01. The van der Waals surface area contributed by atoms with Gasteiger partial charge in [-0.2, -0.15) is 0 Å². The van der Waals surface area contributed by atoms with Crippen LogP contribution in [0.1, 0.15) is 16.8 Å². The number of carbonyl (C=O) groups is 1. The molecule has 0 N–H and O–H groups in total. The normalized spacial score (nSPS) is 11.7. The second-order valence-corrected chi connectivity index (χ2v) is 7.56. The minimum atomic E-state index is -0.469. The first-order chi connectivity index (χ1) is 14.0. The predicted octanol–water partition coefficient (Wildman–Crippen LogP) is 6.45. The Hall–Kier alpha value is -2.60. The molecule has 0 aliphatic heterocycles. The Morgan fingerprint density at radius 3 is 2.59 bits per heavy atom. The van der Waals surface area contributed by atoms with E-state index in [-0.39, 0.29) is 0 Å². The quantitative estimate of drug-likeness (QED) is 0.248. The van der Waals surface area contributed by atoms with E-state index in [1.54, 1.807) is 12.1 Å². The Balaban J connectivity index is 1.90. The van der Waals surface area contributed by atoms with Crippen molar-refractivity contribution in [1.82, 2.24) is 4.98 Å². The van der Waals surface area contributed by atoms with Crippen molar-refractivity contribution in [3.05, 3.63) is 81.0 Å². The van der Waals surface area contributed by atoms with Crippen LogP contribution in [-0.2, 0) is 14.3 Å². The number of nitrogens with zero attached hydrogens (tertiary/aromatic N) is 1. The molecule has 3 aromatic rings. The van der Waals surface area contributed by atoms with E-state index in [4.69, 9.17) is 32.7 Å². The molecule has 0 aliphatic rings. The Morgan fingerprint density at radius 2 is 1.86 bits per heavy atom. The lowest BCUT2D eigenvalue weighted by molar-refractivity contribution is -0.133. The second kappa shape index (κ2) is 9.74. The Morgan fingerprint density at radius 1 is 1.07 bits per heavy atom. The van der Waals surface area contributed by atoms with Crippen molar-refractivity contribution in [2.45, 2.75) is 0 Å².